The summed E-state index contributed by atoms with van der Waals surface area (Å²) in [5, 5.41) is 11.9. The van der Waals surface area contributed by atoms with Gasteiger partial charge in [0.1, 0.15) is 10.8 Å². The van der Waals surface area contributed by atoms with Gasteiger partial charge in [-0.25, -0.2) is 0 Å². The van der Waals surface area contributed by atoms with Crippen molar-refractivity contribution in [2.45, 2.75) is 26.4 Å². The number of hydrogen-bond acceptors (Lipinski definition) is 5. The number of nitrogens with one attached hydrogen (secondary N) is 1. The number of aromatic nitrogens is 2. The fraction of sp³-hybridized carbons (Fsp3) is 0.308. The van der Waals surface area contributed by atoms with Crippen LogP contribution in [0.1, 0.15) is 18.9 Å². The molecule has 1 unspecified atom stereocenters. The minimum absolute atomic E-state index is 0.261. The fourth-order valence-corrected chi connectivity index (χ4v) is 3.29. The SMILES string of the molecule is CCc1nnc(NC(=O)C(C)Oc2ccc(Br)cc2Br)s1. The fourth-order valence-electron chi connectivity index (χ4n) is 1.47. The summed E-state index contributed by atoms with van der Waals surface area (Å²) in [4.78, 5) is 12.1. The molecule has 0 fully saturated rings. The van der Waals surface area contributed by atoms with Gasteiger partial charge < -0.3 is 4.74 Å². The van der Waals surface area contributed by atoms with Crippen molar-refractivity contribution in [3.63, 3.8) is 0 Å². The predicted octanol–water partition coefficient (Wildman–Crippen LogP) is 4.03. The van der Waals surface area contributed by atoms with Gasteiger partial charge >= 0.3 is 0 Å². The second-order valence-corrected chi connectivity index (χ2v) is 7.01. The van der Waals surface area contributed by atoms with Gasteiger partial charge in [-0.3, -0.25) is 10.1 Å². The summed E-state index contributed by atoms with van der Waals surface area (Å²) in [6.07, 6.45) is 0.155. The van der Waals surface area contributed by atoms with E-state index in [9.17, 15) is 4.79 Å². The van der Waals surface area contributed by atoms with Crippen molar-refractivity contribution >= 4 is 54.2 Å². The Morgan fingerprint density at radius 3 is 2.81 bits per heavy atom. The van der Waals surface area contributed by atoms with Gasteiger partial charge in [-0.15, -0.1) is 10.2 Å². The summed E-state index contributed by atoms with van der Waals surface area (Å²) in [6, 6.07) is 5.50. The van der Waals surface area contributed by atoms with Gasteiger partial charge in [0.05, 0.1) is 4.47 Å². The molecule has 21 heavy (non-hydrogen) atoms. The van der Waals surface area contributed by atoms with Gasteiger partial charge in [0.2, 0.25) is 5.13 Å². The minimum Gasteiger partial charge on any atom is -0.480 e. The maximum atomic E-state index is 12.1. The standard InChI is InChI=1S/C13H13Br2N3O2S/c1-3-11-17-18-13(21-11)16-12(19)7(2)20-10-5-4-8(14)6-9(10)15/h4-7H,3H2,1-2H3,(H,16,18,19). The molecule has 1 atom stereocenters. The lowest BCUT2D eigenvalue weighted by Crippen LogP contribution is -2.30. The van der Waals surface area contributed by atoms with E-state index in [0.717, 1.165) is 20.4 Å². The van der Waals surface area contributed by atoms with Crippen LogP contribution < -0.4 is 10.1 Å². The maximum Gasteiger partial charge on any atom is 0.266 e. The van der Waals surface area contributed by atoms with E-state index in [-0.39, 0.29) is 5.91 Å². The zero-order valence-electron chi connectivity index (χ0n) is 11.4. The van der Waals surface area contributed by atoms with Crippen molar-refractivity contribution in [1.82, 2.24) is 10.2 Å². The highest BCUT2D eigenvalue weighted by molar-refractivity contribution is 9.11. The Balaban J connectivity index is 1.98. The molecular formula is C13H13Br2N3O2S. The van der Waals surface area contributed by atoms with Gasteiger partial charge in [0.25, 0.3) is 5.91 Å². The smallest absolute Gasteiger partial charge is 0.266 e. The molecule has 0 aliphatic heterocycles. The summed E-state index contributed by atoms with van der Waals surface area (Å²) < 4.78 is 7.35. The normalized spacial score (nSPS) is 12.0. The van der Waals surface area contributed by atoms with Crippen LogP contribution in [-0.4, -0.2) is 22.2 Å². The molecule has 1 aromatic carbocycles. The Kier molecular flexibility index (Phi) is 5.72. The number of anilines is 1. The van der Waals surface area contributed by atoms with Crippen LogP contribution in [0.4, 0.5) is 5.13 Å². The molecule has 1 N–H and O–H groups in total. The molecule has 1 aromatic heterocycles. The van der Waals surface area contributed by atoms with Crippen molar-refractivity contribution in [3.05, 3.63) is 32.2 Å². The summed E-state index contributed by atoms with van der Waals surface area (Å²) in [5.41, 5.74) is 0. The lowest BCUT2D eigenvalue weighted by molar-refractivity contribution is -0.122. The molecule has 8 heteroatoms. The van der Waals surface area contributed by atoms with E-state index >= 15 is 0 Å². The molecule has 1 amide bonds. The van der Waals surface area contributed by atoms with Crippen LogP contribution in [0.2, 0.25) is 0 Å². The number of rotatable bonds is 5. The first-order valence-corrected chi connectivity index (χ1v) is 8.64. The molecule has 0 saturated heterocycles. The summed E-state index contributed by atoms with van der Waals surface area (Å²) in [6.45, 7) is 3.68. The molecule has 2 rings (SSSR count). The third-order valence-electron chi connectivity index (χ3n) is 2.57. The molecule has 0 spiro atoms. The van der Waals surface area contributed by atoms with Crippen LogP contribution in [0.3, 0.4) is 0 Å². The second kappa shape index (κ2) is 7.33. The first-order chi connectivity index (χ1) is 9.99. The summed E-state index contributed by atoms with van der Waals surface area (Å²) in [7, 11) is 0. The van der Waals surface area contributed by atoms with Crippen molar-refractivity contribution in [3.8, 4) is 5.75 Å². The molecule has 5 nitrogen and oxygen atoms in total. The quantitative estimate of drug-likeness (QED) is 0.771. The average Bonchev–Trinajstić information content (AvgIpc) is 2.89. The molecule has 2 aromatic rings. The largest absolute Gasteiger partial charge is 0.480 e. The number of carbonyl (C=O) groups is 1. The highest BCUT2D eigenvalue weighted by atomic mass is 79.9. The minimum atomic E-state index is -0.642. The Bertz CT molecular complexity index is 648. The Labute approximate surface area is 143 Å². The Morgan fingerprint density at radius 2 is 2.19 bits per heavy atom. The number of carbonyl (C=O) groups excluding carboxylic acids is 1. The average molecular weight is 435 g/mol. The number of amides is 1. The molecule has 0 bridgehead atoms. The van der Waals surface area contributed by atoms with Crippen LogP contribution >= 0.6 is 43.2 Å². The molecular weight excluding hydrogens is 422 g/mol. The number of benzene rings is 1. The zero-order chi connectivity index (χ0) is 15.4. The maximum absolute atomic E-state index is 12.1. The van der Waals surface area contributed by atoms with E-state index in [1.807, 2.05) is 19.1 Å². The van der Waals surface area contributed by atoms with Crippen molar-refractivity contribution < 1.29 is 9.53 Å². The highest BCUT2D eigenvalue weighted by Gasteiger charge is 2.18. The topological polar surface area (TPSA) is 64.1 Å². The number of halogens is 2. The predicted molar refractivity (Wildman–Crippen MR) is 89.8 cm³/mol. The summed E-state index contributed by atoms with van der Waals surface area (Å²) in [5.74, 6) is 0.344. The molecule has 0 radical (unpaired) electrons. The number of hydrogen-bond donors (Lipinski definition) is 1. The van der Waals surface area contributed by atoms with Crippen LogP contribution in [0.5, 0.6) is 5.75 Å². The third kappa shape index (κ3) is 4.49. The number of nitrogens with zero attached hydrogens (tertiary/aromatic N) is 2. The van der Waals surface area contributed by atoms with Crippen LogP contribution in [0, 0.1) is 0 Å². The molecule has 0 saturated carbocycles. The summed E-state index contributed by atoms with van der Waals surface area (Å²) >= 11 is 8.13. The zero-order valence-corrected chi connectivity index (χ0v) is 15.4. The third-order valence-corrected chi connectivity index (χ3v) is 4.66. The number of ether oxygens (including phenoxy) is 1. The van der Waals surface area contributed by atoms with Crippen LogP contribution in [0.25, 0.3) is 0 Å². The van der Waals surface area contributed by atoms with Gasteiger partial charge in [-0.1, -0.05) is 34.2 Å². The van der Waals surface area contributed by atoms with Crippen molar-refractivity contribution in [1.29, 1.82) is 0 Å². The van der Waals surface area contributed by atoms with E-state index < -0.39 is 6.10 Å². The van der Waals surface area contributed by atoms with Crippen LogP contribution in [-0.2, 0) is 11.2 Å². The molecule has 0 aliphatic rings. The molecule has 0 aliphatic carbocycles. The first kappa shape index (κ1) is 16.4. The van der Waals surface area contributed by atoms with Gasteiger partial charge in [-0.2, -0.15) is 0 Å². The second-order valence-electron chi connectivity index (χ2n) is 4.18. The van der Waals surface area contributed by atoms with Crippen molar-refractivity contribution in [2.75, 3.05) is 5.32 Å². The monoisotopic (exact) mass is 433 g/mol. The van der Waals surface area contributed by atoms with E-state index in [1.54, 1.807) is 13.0 Å². The number of aryl methyl sites for hydroxylation is 1. The van der Waals surface area contributed by atoms with Crippen molar-refractivity contribution in [2.24, 2.45) is 0 Å². The van der Waals surface area contributed by atoms with Crippen LogP contribution in [0.15, 0.2) is 27.1 Å². The molecule has 1 heterocycles. The highest BCUT2D eigenvalue weighted by Crippen LogP contribution is 2.29. The molecule has 112 valence electrons. The Morgan fingerprint density at radius 1 is 1.43 bits per heavy atom. The van der Waals surface area contributed by atoms with E-state index in [2.05, 4.69) is 47.4 Å². The van der Waals surface area contributed by atoms with Gasteiger partial charge in [0.15, 0.2) is 6.10 Å². The lowest BCUT2D eigenvalue weighted by Gasteiger charge is -2.14. The van der Waals surface area contributed by atoms with E-state index in [4.69, 9.17) is 4.74 Å². The van der Waals surface area contributed by atoms with Gasteiger partial charge in [0, 0.05) is 4.47 Å². The lowest BCUT2D eigenvalue weighted by atomic mass is 10.3. The van der Waals surface area contributed by atoms with E-state index in [1.165, 1.54) is 11.3 Å². The van der Waals surface area contributed by atoms with Gasteiger partial charge in [-0.05, 0) is 47.5 Å². The first-order valence-electron chi connectivity index (χ1n) is 6.24. The Hall–Kier alpha value is -0.990. The van der Waals surface area contributed by atoms with E-state index in [0.29, 0.717) is 10.9 Å².